The van der Waals surface area contributed by atoms with Crippen LogP contribution in [0.15, 0.2) is 12.2 Å². The van der Waals surface area contributed by atoms with Crippen molar-refractivity contribution in [2.45, 2.75) is 57.2 Å². The fourth-order valence-corrected chi connectivity index (χ4v) is 2.29. The first-order valence-corrected chi connectivity index (χ1v) is 6.76. The third kappa shape index (κ3) is 3.91. The molecule has 1 fully saturated rings. The number of hydrogen-bond acceptors (Lipinski definition) is 5. The maximum Gasteiger partial charge on any atom is 0.510 e. The van der Waals surface area contributed by atoms with Crippen molar-refractivity contribution in [3.8, 4) is 0 Å². The van der Waals surface area contributed by atoms with Crippen molar-refractivity contribution in [1.29, 1.82) is 0 Å². The Balaban J connectivity index is 1.84. The van der Waals surface area contributed by atoms with Crippen molar-refractivity contribution in [3.63, 3.8) is 0 Å². The first-order chi connectivity index (χ1) is 9.16. The Morgan fingerprint density at radius 3 is 2.53 bits per heavy atom. The Kier molecular flexibility index (Phi) is 4.71. The molecular formula is C14H18O5. The van der Waals surface area contributed by atoms with Gasteiger partial charge in [-0.1, -0.05) is 12.5 Å². The molecule has 2 aliphatic rings. The standard InChI is InChI=1S/C14H18O5/c15-11-8-9-12(16)13(11)19-14(17)18-10-6-4-2-1-3-5-7-10/h4,6,10,13H,1-3,5,7-9H2/b6-4+. The molecule has 19 heavy (non-hydrogen) atoms. The van der Waals surface area contributed by atoms with E-state index in [2.05, 4.69) is 0 Å². The van der Waals surface area contributed by atoms with Gasteiger partial charge in [0.1, 0.15) is 6.10 Å². The molecule has 0 amide bonds. The minimum absolute atomic E-state index is 0.153. The summed E-state index contributed by atoms with van der Waals surface area (Å²) in [6, 6.07) is 0. The number of rotatable bonds is 2. The lowest BCUT2D eigenvalue weighted by atomic mass is 10.0. The van der Waals surface area contributed by atoms with Gasteiger partial charge in [0.15, 0.2) is 11.6 Å². The minimum Gasteiger partial charge on any atom is -0.427 e. The van der Waals surface area contributed by atoms with E-state index in [1.807, 2.05) is 12.2 Å². The van der Waals surface area contributed by atoms with Gasteiger partial charge in [-0.25, -0.2) is 4.79 Å². The first kappa shape index (κ1) is 13.8. The van der Waals surface area contributed by atoms with E-state index in [4.69, 9.17) is 9.47 Å². The molecule has 2 rings (SSSR count). The third-order valence-electron chi connectivity index (χ3n) is 3.37. The Labute approximate surface area is 111 Å². The molecule has 0 spiro atoms. The SMILES string of the molecule is O=C(OC1/C=C/CCCCC1)OC1C(=O)CCC1=O. The lowest BCUT2D eigenvalue weighted by molar-refractivity contribution is -0.134. The molecule has 5 heteroatoms. The molecule has 5 nitrogen and oxygen atoms in total. The highest BCUT2D eigenvalue weighted by atomic mass is 16.7. The molecule has 104 valence electrons. The maximum atomic E-state index is 11.6. The van der Waals surface area contributed by atoms with Gasteiger partial charge in [-0.15, -0.1) is 0 Å². The maximum absolute atomic E-state index is 11.6. The van der Waals surface area contributed by atoms with Crippen LogP contribution < -0.4 is 0 Å². The van der Waals surface area contributed by atoms with Gasteiger partial charge in [0, 0.05) is 12.8 Å². The van der Waals surface area contributed by atoms with E-state index < -0.39 is 12.3 Å². The second-order valence-corrected chi connectivity index (χ2v) is 4.90. The highest BCUT2D eigenvalue weighted by Crippen LogP contribution is 2.18. The summed E-state index contributed by atoms with van der Waals surface area (Å²) >= 11 is 0. The topological polar surface area (TPSA) is 69.7 Å². The summed E-state index contributed by atoms with van der Waals surface area (Å²) < 4.78 is 9.95. The van der Waals surface area contributed by atoms with Gasteiger partial charge in [0.2, 0.25) is 6.10 Å². The van der Waals surface area contributed by atoms with Crippen molar-refractivity contribution in [2.75, 3.05) is 0 Å². The minimum atomic E-state index is -1.25. The van der Waals surface area contributed by atoms with E-state index in [0.29, 0.717) is 0 Å². The van der Waals surface area contributed by atoms with Gasteiger partial charge < -0.3 is 9.47 Å². The van der Waals surface area contributed by atoms with Crippen LogP contribution in [0.1, 0.15) is 44.9 Å². The van der Waals surface area contributed by atoms with Crippen molar-refractivity contribution < 1.29 is 23.9 Å². The van der Waals surface area contributed by atoms with E-state index in [0.717, 1.165) is 32.1 Å². The predicted molar refractivity (Wildman–Crippen MR) is 66.6 cm³/mol. The van der Waals surface area contributed by atoms with Crippen LogP contribution in [0.5, 0.6) is 0 Å². The van der Waals surface area contributed by atoms with Crippen LogP contribution >= 0.6 is 0 Å². The summed E-state index contributed by atoms with van der Waals surface area (Å²) in [4.78, 5) is 34.3. The third-order valence-corrected chi connectivity index (χ3v) is 3.37. The lowest BCUT2D eigenvalue weighted by Crippen LogP contribution is -2.30. The van der Waals surface area contributed by atoms with E-state index in [-0.39, 0.29) is 30.5 Å². The second kappa shape index (κ2) is 6.50. The summed E-state index contributed by atoms with van der Waals surface area (Å²) in [6.07, 6.45) is 6.63. The summed E-state index contributed by atoms with van der Waals surface area (Å²) in [5.41, 5.74) is 0. The summed E-state index contributed by atoms with van der Waals surface area (Å²) in [7, 11) is 0. The normalized spacial score (nSPS) is 26.6. The van der Waals surface area contributed by atoms with Crippen LogP contribution in [-0.4, -0.2) is 29.9 Å². The average Bonchev–Trinajstić information content (AvgIpc) is 2.64. The Hall–Kier alpha value is -1.65. The molecule has 0 heterocycles. The fourth-order valence-electron chi connectivity index (χ4n) is 2.29. The monoisotopic (exact) mass is 266 g/mol. The number of carbonyl (C=O) groups is 3. The molecule has 0 saturated heterocycles. The van der Waals surface area contributed by atoms with Crippen LogP contribution in [0.2, 0.25) is 0 Å². The van der Waals surface area contributed by atoms with Crippen LogP contribution in [0.4, 0.5) is 4.79 Å². The molecule has 0 bridgehead atoms. The van der Waals surface area contributed by atoms with Crippen molar-refractivity contribution in [2.24, 2.45) is 0 Å². The number of Topliss-reactive ketones (excluding diaryl/α,β-unsaturated/α-hetero) is 2. The van der Waals surface area contributed by atoms with Gasteiger partial charge in [-0.2, -0.15) is 0 Å². The first-order valence-electron chi connectivity index (χ1n) is 6.76. The van der Waals surface area contributed by atoms with E-state index >= 15 is 0 Å². The molecule has 0 N–H and O–H groups in total. The number of carbonyl (C=O) groups excluding carboxylic acids is 3. The van der Waals surface area contributed by atoms with Crippen LogP contribution in [0.3, 0.4) is 0 Å². The molecule has 1 saturated carbocycles. The lowest BCUT2D eigenvalue weighted by Gasteiger charge is -2.17. The summed E-state index contributed by atoms with van der Waals surface area (Å²) in [6.45, 7) is 0. The smallest absolute Gasteiger partial charge is 0.427 e. The Bertz CT molecular complexity index is 383. The molecule has 0 aromatic rings. The van der Waals surface area contributed by atoms with Gasteiger partial charge in [0.05, 0.1) is 0 Å². The van der Waals surface area contributed by atoms with Crippen LogP contribution in [0.25, 0.3) is 0 Å². The fraction of sp³-hybridized carbons (Fsp3) is 0.643. The Morgan fingerprint density at radius 2 is 1.79 bits per heavy atom. The number of allylic oxidation sites excluding steroid dienone is 1. The zero-order valence-electron chi connectivity index (χ0n) is 10.8. The molecule has 0 aliphatic heterocycles. The van der Waals surface area contributed by atoms with E-state index in [1.54, 1.807) is 0 Å². The zero-order valence-corrected chi connectivity index (χ0v) is 10.8. The number of ketones is 2. The average molecular weight is 266 g/mol. The number of hydrogen-bond donors (Lipinski definition) is 0. The highest BCUT2D eigenvalue weighted by Gasteiger charge is 2.37. The summed E-state index contributed by atoms with van der Waals surface area (Å²) in [5.74, 6) is -0.676. The van der Waals surface area contributed by atoms with Gasteiger partial charge in [-0.05, 0) is 31.8 Å². The highest BCUT2D eigenvalue weighted by molar-refractivity contribution is 6.12. The zero-order chi connectivity index (χ0) is 13.7. The van der Waals surface area contributed by atoms with Gasteiger partial charge in [-0.3, -0.25) is 9.59 Å². The quantitative estimate of drug-likeness (QED) is 0.436. The molecule has 0 aromatic heterocycles. The van der Waals surface area contributed by atoms with E-state index in [1.165, 1.54) is 0 Å². The molecule has 1 unspecified atom stereocenters. The van der Waals surface area contributed by atoms with Gasteiger partial charge >= 0.3 is 6.16 Å². The largest absolute Gasteiger partial charge is 0.510 e. The second-order valence-electron chi connectivity index (χ2n) is 4.90. The van der Waals surface area contributed by atoms with Crippen LogP contribution in [0, 0.1) is 0 Å². The Morgan fingerprint density at radius 1 is 1.05 bits per heavy atom. The molecule has 0 radical (unpaired) electrons. The summed E-state index contributed by atoms with van der Waals surface area (Å²) in [5, 5.41) is 0. The molecule has 1 atom stereocenters. The van der Waals surface area contributed by atoms with Gasteiger partial charge in [0.25, 0.3) is 0 Å². The van der Waals surface area contributed by atoms with Crippen molar-refractivity contribution >= 4 is 17.7 Å². The van der Waals surface area contributed by atoms with E-state index in [9.17, 15) is 14.4 Å². The van der Waals surface area contributed by atoms with Crippen LogP contribution in [-0.2, 0) is 19.1 Å². The molecule has 2 aliphatic carbocycles. The predicted octanol–water partition coefficient (Wildman–Crippen LogP) is 2.33. The molecular weight excluding hydrogens is 248 g/mol. The van der Waals surface area contributed by atoms with Crippen molar-refractivity contribution in [1.82, 2.24) is 0 Å². The van der Waals surface area contributed by atoms with Crippen molar-refractivity contribution in [3.05, 3.63) is 12.2 Å². The number of ether oxygens (including phenoxy) is 2. The molecule has 0 aromatic carbocycles.